The normalized spacial score (nSPS) is 11.9. The van der Waals surface area contributed by atoms with E-state index < -0.39 is 23.7 Å². The molecule has 5 aromatic carbocycles. The van der Waals surface area contributed by atoms with E-state index in [1.54, 1.807) is 24.3 Å². The first-order valence-corrected chi connectivity index (χ1v) is 15.7. The highest BCUT2D eigenvalue weighted by molar-refractivity contribution is 6.31. The van der Waals surface area contributed by atoms with Gasteiger partial charge in [-0.15, -0.1) is 0 Å². The molecule has 1 amide bonds. The molecule has 0 aliphatic carbocycles. The number of hydrogen-bond acceptors (Lipinski definition) is 4. The minimum Gasteiger partial charge on any atom is -0.488 e. The third kappa shape index (κ3) is 8.27. The largest absolute Gasteiger partial charge is 0.488 e. The zero-order valence-corrected chi connectivity index (χ0v) is 27.6. The van der Waals surface area contributed by atoms with Gasteiger partial charge >= 0.3 is 5.97 Å². The van der Waals surface area contributed by atoms with Crippen LogP contribution in [-0.4, -0.2) is 25.0 Å². The first-order chi connectivity index (χ1) is 22.5. The van der Waals surface area contributed by atoms with Crippen molar-refractivity contribution in [3.8, 4) is 28.0 Å². The number of esters is 1. The third-order valence-corrected chi connectivity index (χ3v) is 8.27. The van der Waals surface area contributed by atoms with E-state index in [0.717, 1.165) is 27.8 Å². The molecule has 5 rings (SSSR count). The Morgan fingerprint density at radius 1 is 0.787 bits per heavy atom. The van der Waals surface area contributed by atoms with Crippen LogP contribution in [-0.2, 0) is 28.0 Å². The maximum Gasteiger partial charge on any atom is 0.328 e. The smallest absolute Gasteiger partial charge is 0.328 e. The maximum absolute atomic E-state index is 14.0. The van der Waals surface area contributed by atoms with E-state index in [1.165, 1.54) is 19.2 Å². The minimum atomic E-state index is -0.964. The van der Waals surface area contributed by atoms with Crippen LogP contribution in [0.4, 0.5) is 4.39 Å². The van der Waals surface area contributed by atoms with Gasteiger partial charge < -0.3 is 14.8 Å². The summed E-state index contributed by atoms with van der Waals surface area (Å²) in [4.78, 5) is 26.9. The molecular weight excluding hydrogens is 613 g/mol. The number of rotatable bonds is 10. The van der Waals surface area contributed by atoms with Gasteiger partial charge in [0, 0.05) is 6.42 Å². The predicted octanol–water partition coefficient (Wildman–Crippen LogP) is 9.20. The number of benzene rings is 5. The number of hydrogen-bond donors (Lipinski definition) is 1. The van der Waals surface area contributed by atoms with E-state index in [4.69, 9.17) is 21.1 Å². The van der Waals surface area contributed by atoms with Gasteiger partial charge in [0.25, 0.3) is 5.91 Å². The summed E-state index contributed by atoms with van der Waals surface area (Å²) in [7, 11) is 1.29. The lowest BCUT2D eigenvalue weighted by Crippen LogP contribution is -2.43. The fourth-order valence-corrected chi connectivity index (χ4v) is 5.67. The monoisotopic (exact) mass is 649 g/mol. The van der Waals surface area contributed by atoms with E-state index in [0.29, 0.717) is 16.9 Å². The second kappa shape index (κ2) is 14.7. The van der Waals surface area contributed by atoms with Crippen LogP contribution in [0.1, 0.15) is 47.8 Å². The highest BCUT2D eigenvalue weighted by Crippen LogP contribution is 2.32. The maximum atomic E-state index is 14.0. The van der Waals surface area contributed by atoms with Crippen LogP contribution >= 0.6 is 11.6 Å². The quantitative estimate of drug-likeness (QED) is 0.153. The molecule has 5 nitrogen and oxygen atoms in total. The molecule has 0 saturated carbocycles. The lowest BCUT2D eigenvalue weighted by atomic mass is 9.84. The Kier molecular flexibility index (Phi) is 10.4. The van der Waals surface area contributed by atoms with Crippen molar-refractivity contribution in [3.63, 3.8) is 0 Å². The van der Waals surface area contributed by atoms with Crippen molar-refractivity contribution >= 4 is 23.5 Å². The van der Waals surface area contributed by atoms with Gasteiger partial charge in [-0.25, -0.2) is 9.18 Å². The fraction of sp³-hybridized carbons (Fsp3) is 0.200. The minimum absolute atomic E-state index is 0.0309. The molecule has 0 aliphatic heterocycles. The van der Waals surface area contributed by atoms with E-state index in [-0.39, 0.29) is 29.0 Å². The predicted molar refractivity (Wildman–Crippen MR) is 185 cm³/mol. The van der Waals surface area contributed by atoms with Crippen LogP contribution < -0.4 is 10.1 Å². The van der Waals surface area contributed by atoms with Gasteiger partial charge in [-0.2, -0.15) is 0 Å². The van der Waals surface area contributed by atoms with Gasteiger partial charge in [-0.3, -0.25) is 4.79 Å². The van der Waals surface area contributed by atoms with Gasteiger partial charge in [0.15, 0.2) is 0 Å². The van der Waals surface area contributed by atoms with Gasteiger partial charge in [0.05, 0.1) is 17.7 Å². The Morgan fingerprint density at radius 2 is 1.40 bits per heavy atom. The summed E-state index contributed by atoms with van der Waals surface area (Å²) in [6, 6.07) is 34.4. The molecule has 0 bridgehead atoms. The number of methoxy groups -OCH3 is 1. The molecule has 0 spiro atoms. The Morgan fingerprint density at radius 3 is 2.09 bits per heavy atom. The molecule has 7 heteroatoms. The van der Waals surface area contributed by atoms with E-state index in [9.17, 15) is 14.0 Å². The summed E-state index contributed by atoms with van der Waals surface area (Å²) >= 11 is 6.08. The molecule has 0 aliphatic rings. The first-order valence-electron chi connectivity index (χ1n) is 15.4. The van der Waals surface area contributed by atoms with Crippen molar-refractivity contribution < 1.29 is 23.5 Å². The van der Waals surface area contributed by atoms with Crippen molar-refractivity contribution in [2.75, 3.05) is 7.11 Å². The molecule has 5 aromatic rings. The summed E-state index contributed by atoms with van der Waals surface area (Å²) in [5, 5.41) is 2.84. The van der Waals surface area contributed by atoms with Crippen LogP contribution in [0.5, 0.6) is 5.75 Å². The lowest BCUT2D eigenvalue weighted by molar-refractivity contribution is -0.142. The molecule has 0 saturated heterocycles. The number of carbonyl (C=O) groups is 2. The molecule has 0 unspecified atom stereocenters. The summed E-state index contributed by atoms with van der Waals surface area (Å²) in [5.41, 5.74) is 6.45. The van der Waals surface area contributed by atoms with Gasteiger partial charge in [0.2, 0.25) is 0 Å². The van der Waals surface area contributed by atoms with Gasteiger partial charge in [-0.05, 0) is 68.6 Å². The number of amides is 1. The van der Waals surface area contributed by atoms with Crippen LogP contribution in [0, 0.1) is 5.82 Å². The third-order valence-electron chi connectivity index (χ3n) is 7.98. The molecule has 0 fully saturated rings. The van der Waals surface area contributed by atoms with Crippen molar-refractivity contribution in [1.82, 2.24) is 5.32 Å². The number of nitrogens with one attached hydrogen (secondary N) is 1. The molecule has 1 atom stereocenters. The SMILES string of the molecule is COC(=O)[C@H](Cc1ccc(-c2ccccc2)cc1)NC(=O)c1cc(-c2ccc(F)c(Cl)c2)ccc1OCc1ccccc1C(C)(C)C. The van der Waals surface area contributed by atoms with E-state index in [2.05, 4.69) is 32.2 Å². The Labute approximate surface area is 280 Å². The molecule has 0 radical (unpaired) electrons. The van der Waals surface area contributed by atoms with E-state index in [1.807, 2.05) is 72.8 Å². The van der Waals surface area contributed by atoms with Crippen molar-refractivity contribution in [1.29, 1.82) is 0 Å². The van der Waals surface area contributed by atoms with Crippen molar-refractivity contribution in [2.45, 2.75) is 45.3 Å². The summed E-state index contributed by atoms with van der Waals surface area (Å²) < 4.78 is 25.3. The molecule has 0 aromatic heterocycles. The zero-order chi connectivity index (χ0) is 33.6. The van der Waals surface area contributed by atoms with Crippen LogP contribution in [0.15, 0.2) is 115 Å². The molecule has 240 valence electrons. The highest BCUT2D eigenvalue weighted by Gasteiger charge is 2.25. The first kappa shape index (κ1) is 33.4. The molecule has 47 heavy (non-hydrogen) atoms. The Bertz CT molecular complexity index is 1870. The van der Waals surface area contributed by atoms with Crippen LogP contribution in [0.3, 0.4) is 0 Å². The average molecular weight is 650 g/mol. The Hall–Kier alpha value is -4.94. The van der Waals surface area contributed by atoms with Gasteiger partial charge in [0.1, 0.15) is 24.2 Å². The van der Waals surface area contributed by atoms with Crippen LogP contribution in [0.25, 0.3) is 22.3 Å². The second-order valence-electron chi connectivity index (χ2n) is 12.4. The topological polar surface area (TPSA) is 64.6 Å². The number of ether oxygens (including phenoxy) is 2. The standard InChI is InChI=1S/C40H37ClFNO4/c1-40(2,3)33-13-9-8-12-31(33)25-47-37-21-19-29(30-18-20-35(42)34(41)24-30)23-32(37)38(44)43-36(39(45)46-4)22-26-14-16-28(17-15-26)27-10-6-5-7-11-27/h5-21,23-24,36H,22,25H2,1-4H3,(H,43,44)/t36-/m0/s1. The summed E-state index contributed by atoms with van der Waals surface area (Å²) in [5.74, 6) is -1.30. The highest BCUT2D eigenvalue weighted by atomic mass is 35.5. The van der Waals surface area contributed by atoms with Crippen molar-refractivity contribution in [3.05, 3.63) is 148 Å². The lowest BCUT2D eigenvalue weighted by Gasteiger charge is -2.23. The van der Waals surface area contributed by atoms with Crippen LogP contribution in [0.2, 0.25) is 5.02 Å². The fourth-order valence-electron chi connectivity index (χ4n) is 5.49. The number of carbonyl (C=O) groups excluding carboxylic acids is 2. The average Bonchev–Trinajstić information content (AvgIpc) is 3.08. The summed E-state index contributed by atoms with van der Waals surface area (Å²) in [6.45, 7) is 6.63. The second-order valence-corrected chi connectivity index (χ2v) is 12.8. The van der Waals surface area contributed by atoms with Crippen molar-refractivity contribution in [2.24, 2.45) is 0 Å². The Balaban J connectivity index is 1.44. The van der Waals surface area contributed by atoms with E-state index >= 15 is 0 Å². The number of halogens is 2. The molecule has 1 N–H and O–H groups in total. The van der Waals surface area contributed by atoms with Gasteiger partial charge in [-0.1, -0.05) is 123 Å². The molecular formula is C40H37ClFNO4. The molecule has 0 heterocycles. The summed E-state index contributed by atoms with van der Waals surface area (Å²) in [6.07, 6.45) is 0.218. The zero-order valence-electron chi connectivity index (χ0n) is 26.9.